The number of aliphatic carboxylic acids is 1. The lowest BCUT2D eigenvalue weighted by molar-refractivity contribution is -0.142. The number of sulfonamides is 1. The van der Waals surface area contributed by atoms with Gasteiger partial charge >= 0.3 is 5.97 Å². The van der Waals surface area contributed by atoms with Gasteiger partial charge in [-0.15, -0.1) is 0 Å². The Hall–Kier alpha value is -1.41. The van der Waals surface area contributed by atoms with E-state index in [9.17, 15) is 13.2 Å². The van der Waals surface area contributed by atoms with E-state index in [0.29, 0.717) is 12.8 Å². The second kappa shape index (κ2) is 4.69. The minimum Gasteiger partial charge on any atom is -0.480 e. The molecule has 1 saturated heterocycles. The highest BCUT2D eigenvalue weighted by Gasteiger charge is 2.38. The number of hydrogen-bond donors (Lipinski definition) is 1. The van der Waals surface area contributed by atoms with Gasteiger partial charge in [-0.25, -0.2) is 8.42 Å². The number of nitrogens with zero attached hydrogens (tertiary/aromatic N) is 3. The highest BCUT2D eigenvalue weighted by atomic mass is 32.2. The van der Waals surface area contributed by atoms with Crippen LogP contribution in [0.2, 0.25) is 0 Å². The van der Waals surface area contributed by atoms with Gasteiger partial charge in [-0.05, 0) is 25.3 Å². The Labute approximate surface area is 105 Å². The summed E-state index contributed by atoms with van der Waals surface area (Å²) in [5.74, 6) is -1.10. The first-order valence-corrected chi connectivity index (χ1v) is 7.11. The molecule has 18 heavy (non-hydrogen) atoms. The van der Waals surface area contributed by atoms with Crippen molar-refractivity contribution in [3.63, 3.8) is 0 Å². The summed E-state index contributed by atoms with van der Waals surface area (Å²) in [7, 11) is -2.27. The third-order valence-corrected chi connectivity index (χ3v) is 5.07. The summed E-state index contributed by atoms with van der Waals surface area (Å²) in [6, 6.07) is 0.404. The number of hydrogen-bond acceptors (Lipinski definition) is 4. The van der Waals surface area contributed by atoms with E-state index in [1.54, 1.807) is 0 Å². The minimum atomic E-state index is -3.79. The molecule has 0 saturated carbocycles. The van der Waals surface area contributed by atoms with Crippen molar-refractivity contribution >= 4 is 16.0 Å². The Bertz CT molecular complexity index is 551. The fourth-order valence-corrected chi connectivity index (χ4v) is 3.93. The molecule has 1 aliphatic heterocycles. The van der Waals surface area contributed by atoms with Gasteiger partial charge in [0.2, 0.25) is 0 Å². The lowest BCUT2D eigenvalue weighted by Gasteiger charge is -2.31. The standard InChI is InChI=1S/C10H15N3O4S/c1-12-9(5-6-11-12)18(16,17)13-7-3-2-4-8(13)10(14)15/h5-6,8H,2-4,7H2,1H3,(H,14,15)/t8-/m0/s1. The van der Waals surface area contributed by atoms with Crippen molar-refractivity contribution in [1.29, 1.82) is 0 Å². The molecular weight excluding hydrogens is 258 g/mol. The Balaban J connectivity index is 2.39. The van der Waals surface area contributed by atoms with Crippen LogP contribution in [0.5, 0.6) is 0 Å². The zero-order valence-corrected chi connectivity index (χ0v) is 10.8. The van der Waals surface area contributed by atoms with Crippen LogP contribution < -0.4 is 0 Å². The average Bonchev–Trinajstić information content (AvgIpc) is 2.76. The molecule has 0 unspecified atom stereocenters. The highest BCUT2D eigenvalue weighted by molar-refractivity contribution is 7.89. The molecule has 1 atom stereocenters. The fraction of sp³-hybridized carbons (Fsp3) is 0.600. The monoisotopic (exact) mass is 273 g/mol. The predicted octanol–water partition coefficient (Wildman–Crippen LogP) is 0.0479. The van der Waals surface area contributed by atoms with Crippen molar-refractivity contribution in [2.45, 2.75) is 30.3 Å². The first-order chi connectivity index (χ1) is 8.44. The first-order valence-electron chi connectivity index (χ1n) is 5.67. The summed E-state index contributed by atoms with van der Waals surface area (Å²) in [5, 5.41) is 12.9. The van der Waals surface area contributed by atoms with Gasteiger partial charge in [0, 0.05) is 13.6 Å². The maximum Gasteiger partial charge on any atom is 0.322 e. The lowest BCUT2D eigenvalue weighted by atomic mass is 10.1. The van der Waals surface area contributed by atoms with Crippen LogP contribution >= 0.6 is 0 Å². The normalized spacial score (nSPS) is 21.9. The molecule has 0 bridgehead atoms. The first kappa shape index (κ1) is 13.0. The van der Waals surface area contributed by atoms with Crippen LogP contribution in [0.25, 0.3) is 0 Å². The SMILES string of the molecule is Cn1nccc1S(=O)(=O)N1CCCC[C@H]1C(=O)O. The molecule has 1 aliphatic rings. The summed E-state index contributed by atoms with van der Waals surface area (Å²) in [4.78, 5) is 11.1. The molecule has 1 N–H and O–H groups in total. The van der Waals surface area contributed by atoms with Crippen molar-refractivity contribution in [3.8, 4) is 0 Å². The van der Waals surface area contributed by atoms with Gasteiger partial charge in [-0.3, -0.25) is 9.48 Å². The van der Waals surface area contributed by atoms with E-state index in [1.165, 1.54) is 24.0 Å². The molecule has 0 aliphatic carbocycles. The average molecular weight is 273 g/mol. The molecule has 0 radical (unpaired) electrons. The van der Waals surface area contributed by atoms with Crippen molar-refractivity contribution in [1.82, 2.24) is 14.1 Å². The van der Waals surface area contributed by atoms with E-state index in [0.717, 1.165) is 10.7 Å². The lowest BCUT2D eigenvalue weighted by Crippen LogP contribution is -2.48. The summed E-state index contributed by atoms with van der Waals surface area (Å²) >= 11 is 0. The van der Waals surface area contributed by atoms with Gasteiger partial charge in [0.05, 0.1) is 6.20 Å². The number of rotatable bonds is 3. The predicted molar refractivity (Wildman–Crippen MR) is 62.4 cm³/mol. The topological polar surface area (TPSA) is 92.5 Å². The molecule has 7 nitrogen and oxygen atoms in total. The quantitative estimate of drug-likeness (QED) is 0.840. The van der Waals surface area contributed by atoms with Crippen LogP contribution in [0.1, 0.15) is 19.3 Å². The molecule has 2 rings (SSSR count). The number of aromatic nitrogens is 2. The number of carboxylic acids is 1. The molecule has 1 aromatic rings. The molecule has 0 amide bonds. The van der Waals surface area contributed by atoms with Gasteiger partial charge in [0.1, 0.15) is 6.04 Å². The van der Waals surface area contributed by atoms with Crippen LogP contribution in [0.15, 0.2) is 17.3 Å². The van der Waals surface area contributed by atoms with Crippen LogP contribution in [0.3, 0.4) is 0 Å². The van der Waals surface area contributed by atoms with Crippen molar-refractivity contribution in [3.05, 3.63) is 12.3 Å². The van der Waals surface area contributed by atoms with Gasteiger partial charge in [-0.2, -0.15) is 9.40 Å². The number of aryl methyl sites for hydroxylation is 1. The zero-order chi connectivity index (χ0) is 13.3. The largest absolute Gasteiger partial charge is 0.480 e. The van der Waals surface area contributed by atoms with Crippen molar-refractivity contribution in [2.24, 2.45) is 7.05 Å². The molecule has 2 heterocycles. The molecule has 0 spiro atoms. The number of piperidine rings is 1. The summed E-state index contributed by atoms with van der Waals surface area (Å²) in [5.41, 5.74) is 0. The second-order valence-corrected chi connectivity index (χ2v) is 6.10. The molecule has 0 aromatic carbocycles. The third-order valence-electron chi connectivity index (χ3n) is 3.09. The summed E-state index contributed by atoms with van der Waals surface area (Å²) in [6.07, 6.45) is 3.15. The van der Waals surface area contributed by atoms with E-state index >= 15 is 0 Å². The Morgan fingerprint density at radius 1 is 1.50 bits per heavy atom. The number of carboxylic acid groups (broad SMARTS) is 1. The van der Waals surface area contributed by atoms with E-state index in [2.05, 4.69) is 5.10 Å². The van der Waals surface area contributed by atoms with E-state index in [1.807, 2.05) is 0 Å². The summed E-state index contributed by atoms with van der Waals surface area (Å²) < 4.78 is 27.1. The summed E-state index contributed by atoms with van der Waals surface area (Å²) in [6.45, 7) is 0.241. The van der Waals surface area contributed by atoms with Crippen LogP contribution in [-0.2, 0) is 21.9 Å². The second-order valence-electron chi connectivity index (χ2n) is 4.26. The van der Waals surface area contributed by atoms with Crippen molar-refractivity contribution in [2.75, 3.05) is 6.54 Å². The van der Waals surface area contributed by atoms with E-state index in [-0.39, 0.29) is 11.6 Å². The maximum absolute atomic E-state index is 12.4. The molecular formula is C10H15N3O4S. The van der Waals surface area contributed by atoms with Gasteiger partial charge in [-0.1, -0.05) is 0 Å². The van der Waals surface area contributed by atoms with Crippen LogP contribution in [0, 0.1) is 0 Å². The molecule has 8 heteroatoms. The Kier molecular flexibility index (Phi) is 3.40. The minimum absolute atomic E-state index is 0.0237. The van der Waals surface area contributed by atoms with E-state index < -0.39 is 22.0 Å². The molecule has 1 fully saturated rings. The third kappa shape index (κ3) is 2.13. The van der Waals surface area contributed by atoms with Gasteiger partial charge < -0.3 is 5.11 Å². The molecule has 1 aromatic heterocycles. The highest BCUT2D eigenvalue weighted by Crippen LogP contribution is 2.25. The van der Waals surface area contributed by atoms with Crippen LogP contribution in [-0.4, -0.2) is 46.2 Å². The van der Waals surface area contributed by atoms with Crippen LogP contribution in [0.4, 0.5) is 0 Å². The fourth-order valence-electron chi connectivity index (χ4n) is 2.17. The van der Waals surface area contributed by atoms with E-state index in [4.69, 9.17) is 5.11 Å². The van der Waals surface area contributed by atoms with Gasteiger partial charge in [0.15, 0.2) is 5.03 Å². The smallest absolute Gasteiger partial charge is 0.322 e. The van der Waals surface area contributed by atoms with Gasteiger partial charge in [0.25, 0.3) is 10.0 Å². The maximum atomic E-state index is 12.4. The Morgan fingerprint density at radius 2 is 2.22 bits per heavy atom. The van der Waals surface area contributed by atoms with Crippen molar-refractivity contribution < 1.29 is 18.3 Å². The molecule has 100 valence electrons. The number of carbonyl (C=O) groups is 1. The zero-order valence-electron chi connectivity index (χ0n) is 9.98. The Morgan fingerprint density at radius 3 is 2.78 bits per heavy atom.